The molecule has 150 valence electrons. The second-order valence-electron chi connectivity index (χ2n) is 5.96. The number of ether oxygens (including phenoxy) is 2. The van der Waals surface area contributed by atoms with Gasteiger partial charge in [-0.15, -0.1) is 0 Å². The molecule has 1 saturated heterocycles. The van der Waals surface area contributed by atoms with Crippen molar-refractivity contribution in [2.75, 3.05) is 38.7 Å². The lowest BCUT2D eigenvalue weighted by atomic mass is 10.2. The number of carbonyl (C=O) groups excluding carboxylic acids is 1. The average molecular weight is 445 g/mol. The number of hydrogen-bond acceptors (Lipinski definition) is 5. The summed E-state index contributed by atoms with van der Waals surface area (Å²) in [5.41, 5.74) is 0.505. The smallest absolute Gasteiger partial charge is 0.259 e. The molecular weight excluding hydrogens is 427 g/mol. The van der Waals surface area contributed by atoms with Crippen LogP contribution in [0, 0.1) is 0 Å². The second-order valence-corrected chi connectivity index (χ2v) is 8.71. The highest BCUT2D eigenvalue weighted by Crippen LogP contribution is 2.28. The van der Waals surface area contributed by atoms with Crippen molar-refractivity contribution in [1.82, 2.24) is 4.31 Å². The number of halogens is 2. The van der Waals surface area contributed by atoms with Crippen molar-refractivity contribution in [2.45, 2.75) is 4.90 Å². The van der Waals surface area contributed by atoms with E-state index in [4.69, 9.17) is 32.7 Å². The number of sulfonamides is 1. The maximum Gasteiger partial charge on any atom is 0.259 e. The van der Waals surface area contributed by atoms with Crippen LogP contribution in [0.25, 0.3) is 0 Å². The largest absolute Gasteiger partial charge is 0.496 e. The average Bonchev–Trinajstić information content (AvgIpc) is 2.70. The molecular formula is C18H18Cl2N2O5S. The predicted molar refractivity (Wildman–Crippen MR) is 107 cm³/mol. The van der Waals surface area contributed by atoms with Gasteiger partial charge in [-0.05, 0) is 36.4 Å². The lowest BCUT2D eigenvalue weighted by Gasteiger charge is -2.26. The van der Waals surface area contributed by atoms with Gasteiger partial charge in [0.05, 0.1) is 40.8 Å². The Balaban J connectivity index is 1.92. The van der Waals surface area contributed by atoms with Gasteiger partial charge in [-0.3, -0.25) is 4.79 Å². The maximum absolute atomic E-state index is 12.9. The number of carbonyl (C=O) groups is 1. The van der Waals surface area contributed by atoms with Crippen LogP contribution in [0.15, 0.2) is 41.3 Å². The lowest BCUT2D eigenvalue weighted by Crippen LogP contribution is -2.40. The molecule has 0 bridgehead atoms. The molecule has 0 atom stereocenters. The molecule has 1 N–H and O–H groups in total. The van der Waals surface area contributed by atoms with Crippen LogP contribution < -0.4 is 10.1 Å². The number of benzene rings is 2. The topological polar surface area (TPSA) is 84.9 Å². The Bertz CT molecular complexity index is 991. The van der Waals surface area contributed by atoms with Gasteiger partial charge in [-0.25, -0.2) is 8.42 Å². The molecule has 0 saturated carbocycles. The normalized spacial score (nSPS) is 15.2. The molecule has 0 aliphatic carbocycles. The number of morpholine rings is 1. The van der Waals surface area contributed by atoms with Gasteiger partial charge in [0.2, 0.25) is 10.0 Å². The summed E-state index contributed by atoms with van der Waals surface area (Å²) in [4.78, 5) is 12.8. The molecule has 28 heavy (non-hydrogen) atoms. The van der Waals surface area contributed by atoms with Crippen molar-refractivity contribution < 1.29 is 22.7 Å². The molecule has 0 aromatic heterocycles. The van der Waals surface area contributed by atoms with E-state index in [1.165, 1.54) is 35.7 Å². The molecule has 1 aliphatic rings. The van der Waals surface area contributed by atoms with Crippen LogP contribution in [0.1, 0.15) is 10.4 Å². The molecule has 2 aromatic carbocycles. The Morgan fingerprint density at radius 1 is 1.11 bits per heavy atom. The summed E-state index contributed by atoms with van der Waals surface area (Å²) in [5, 5.41) is 3.31. The maximum atomic E-state index is 12.9. The fourth-order valence-corrected chi connectivity index (χ4v) is 4.47. The third kappa shape index (κ3) is 4.42. The van der Waals surface area contributed by atoms with Gasteiger partial charge in [0.1, 0.15) is 5.75 Å². The van der Waals surface area contributed by atoms with Crippen molar-refractivity contribution in [3.05, 3.63) is 52.0 Å². The summed E-state index contributed by atoms with van der Waals surface area (Å²) >= 11 is 11.9. The molecule has 10 heteroatoms. The first-order valence-electron chi connectivity index (χ1n) is 8.35. The molecule has 2 aromatic rings. The molecule has 0 unspecified atom stereocenters. The fraction of sp³-hybridized carbons (Fsp3) is 0.278. The molecule has 0 radical (unpaired) electrons. The van der Waals surface area contributed by atoms with Crippen LogP contribution in [-0.4, -0.2) is 52.0 Å². The van der Waals surface area contributed by atoms with Gasteiger partial charge >= 0.3 is 0 Å². The third-order valence-electron chi connectivity index (χ3n) is 4.20. The SMILES string of the molecule is COc1ccc(S(=O)(=O)N2CCOCC2)cc1C(=O)Nc1ccc(Cl)c(Cl)c1. The second kappa shape index (κ2) is 8.67. The predicted octanol–water partition coefficient (Wildman–Crippen LogP) is 3.28. The third-order valence-corrected chi connectivity index (χ3v) is 6.83. The van der Waals surface area contributed by atoms with Gasteiger partial charge in [-0.2, -0.15) is 4.31 Å². The molecule has 1 fully saturated rings. The summed E-state index contributed by atoms with van der Waals surface area (Å²) in [6, 6.07) is 8.82. The number of nitrogens with zero attached hydrogens (tertiary/aromatic N) is 1. The zero-order valence-corrected chi connectivity index (χ0v) is 17.3. The van der Waals surface area contributed by atoms with Gasteiger partial charge in [0.15, 0.2) is 0 Å². The summed E-state index contributed by atoms with van der Waals surface area (Å²) in [5.74, 6) is -0.284. The van der Waals surface area contributed by atoms with Gasteiger partial charge in [0.25, 0.3) is 5.91 Å². The minimum absolute atomic E-state index is 0.00879. The number of methoxy groups -OCH3 is 1. The van der Waals surface area contributed by atoms with Crippen molar-refractivity contribution in [2.24, 2.45) is 0 Å². The number of hydrogen-bond donors (Lipinski definition) is 1. The highest BCUT2D eigenvalue weighted by atomic mass is 35.5. The van der Waals surface area contributed by atoms with E-state index in [-0.39, 0.29) is 34.3 Å². The Morgan fingerprint density at radius 3 is 2.46 bits per heavy atom. The molecule has 3 rings (SSSR count). The van der Waals surface area contributed by atoms with E-state index < -0.39 is 15.9 Å². The Morgan fingerprint density at radius 2 is 1.82 bits per heavy atom. The standard InChI is InChI=1S/C18H18Cl2N2O5S/c1-26-17-5-3-13(28(24,25)22-6-8-27-9-7-22)11-14(17)18(23)21-12-2-4-15(19)16(20)10-12/h2-5,10-11H,6-9H2,1H3,(H,21,23). The van der Waals surface area contributed by atoms with E-state index in [0.29, 0.717) is 23.9 Å². The Kier molecular flexibility index (Phi) is 6.47. The van der Waals surface area contributed by atoms with Gasteiger partial charge in [-0.1, -0.05) is 23.2 Å². The van der Waals surface area contributed by atoms with E-state index in [9.17, 15) is 13.2 Å². The minimum atomic E-state index is -3.75. The van der Waals surface area contributed by atoms with Gasteiger partial charge in [0, 0.05) is 18.8 Å². The molecule has 1 aliphatic heterocycles. The van der Waals surface area contributed by atoms with E-state index in [0.717, 1.165) is 0 Å². The van der Waals surface area contributed by atoms with Crippen LogP contribution in [0.4, 0.5) is 5.69 Å². The summed E-state index contributed by atoms with van der Waals surface area (Å²) in [6.07, 6.45) is 0. The minimum Gasteiger partial charge on any atom is -0.496 e. The number of rotatable bonds is 5. The van der Waals surface area contributed by atoms with Crippen molar-refractivity contribution in [3.8, 4) is 5.75 Å². The highest BCUT2D eigenvalue weighted by molar-refractivity contribution is 7.89. The summed E-state index contributed by atoms with van der Waals surface area (Å²) < 4.78 is 37.5. The van der Waals surface area contributed by atoms with Crippen LogP contribution in [-0.2, 0) is 14.8 Å². The molecule has 1 heterocycles. The van der Waals surface area contributed by atoms with Crippen molar-refractivity contribution >= 4 is 44.8 Å². The van der Waals surface area contributed by atoms with E-state index in [2.05, 4.69) is 5.32 Å². The van der Waals surface area contributed by atoms with Crippen LogP contribution in [0.3, 0.4) is 0 Å². The van der Waals surface area contributed by atoms with Crippen LogP contribution in [0.5, 0.6) is 5.75 Å². The Labute approximate surface area is 173 Å². The molecule has 7 nitrogen and oxygen atoms in total. The zero-order chi connectivity index (χ0) is 20.3. The fourth-order valence-electron chi connectivity index (χ4n) is 2.73. The first-order valence-corrected chi connectivity index (χ1v) is 10.5. The first-order chi connectivity index (χ1) is 13.3. The number of amides is 1. The monoisotopic (exact) mass is 444 g/mol. The zero-order valence-electron chi connectivity index (χ0n) is 14.9. The Hall–Kier alpha value is -1.84. The van der Waals surface area contributed by atoms with E-state index in [1.54, 1.807) is 12.1 Å². The highest BCUT2D eigenvalue weighted by Gasteiger charge is 2.28. The first kappa shape index (κ1) is 20.9. The van der Waals surface area contributed by atoms with Crippen LogP contribution >= 0.6 is 23.2 Å². The van der Waals surface area contributed by atoms with Gasteiger partial charge < -0.3 is 14.8 Å². The van der Waals surface area contributed by atoms with Crippen molar-refractivity contribution in [1.29, 1.82) is 0 Å². The van der Waals surface area contributed by atoms with Crippen molar-refractivity contribution in [3.63, 3.8) is 0 Å². The summed E-state index contributed by atoms with van der Waals surface area (Å²) in [6.45, 7) is 1.19. The van der Waals surface area contributed by atoms with E-state index >= 15 is 0 Å². The number of anilines is 1. The quantitative estimate of drug-likeness (QED) is 0.764. The molecule has 0 spiro atoms. The summed E-state index contributed by atoms with van der Waals surface area (Å²) in [7, 11) is -2.34. The van der Waals surface area contributed by atoms with Crippen LogP contribution in [0.2, 0.25) is 10.0 Å². The molecule has 1 amide bonds. The lowest BCUT2D eigenvalue weighted by molar-refractivity contribution is 0.0730. The van der Waals surface area contributed by atoms with E-state index in [1.807, 2.05) is 0 Å². The number of nitrogens with one attached hydrogen (secondary N) is 1.